The molecule has 25 heavy (non-hydrogen) atoms. The van der Waals surface area contributed by atoms with E-state index < -0.39 is 53.8 Å². The van der Waals surface area contributed by atoms with Crippen LogP contribution in [0.1, 0.15) is 16.7 Å². The van der Waals surface area contributed by atoms with Gasteiger partial charge in [0.25, 0.3) is 0 Å². The molecule has 2 rings (SSSR count). The third-order valence-corrected chi connectivity index (χ3v) is 6.01. The predicted molar refractivity (Wildman–Crippen MR) is 86.4 cm³/mol. The topological polar surface area (TPSA) is 0 Å². The molecular weight excluding hydrogens is 393 g/mol. The lowest BCUT2D eigenvalue weighted by molar-refractivity contribution is 0.404. The van der Waals surface area contributed by atoms with Gasteiger partial charge in [-0.25, -0.2) is 13.2 Å². The summed E-state index contributed by atoms with van der Waals surface area (Å²) in [6.45, 7) is 1.69. The third kappa shape index (κ3) is 3.50. The molecule has 0 aromatic heterocycles. The summed E-state index contributed by atoms with van der Waals surface area (Å²) >= 11 is 5.53. The second kappa shape index (κ2) is 5.41. The van der Waals surface area contributed by atoms with Crippen LogP contribution in [0.25, 0.3) is 5.03 Å². The molecule has 0 saturated heterocycles. The Morgan fingerprint density at radius 2 is 1.32 bits per heavy atom. The Morgan fingerprint density at radius 1 is 0.840 bits per heavy atom. The van der Waals surface area contributed by atoms with Gasteiger partial charge in [0.2, 0.25) is 9.84 Å². The van der Waals surface area contributed by atoms with Gasteiger partial charge < -0.3 is 0 Å². The summed E-state index contributed by atoms with van der Waals surface area (Å²) in [6, 6.07) is 6.47. The molecule has 0 N–H and O–H groups in total. The first-order chi connectivity index (χ1) is 11.2. The van der Waals surface area contributed by atoms with E-state index in [1.807, 2.05) is 0 Å². The molecule has 0 saturated carbocycles. The highest BCUT2D eigenvalue weighted by atomic mass is 35.5. The molecule has 0 atom stereocenters. The van der Waals surface area contributed by atoms with Crippen LogP contribution in [0.15, 0.2) is 40.6 Å². The van der Waals surface area contributed by atoms with Gasteiger partial charge in [-0.15, -0.1) is 15.5 Å². The van der Waals surface area contributed by atoms with Crippen LogP contribution >= 0.6 is 21.4 Å². The molecule has 9 heteroatoms. The minimum atomic E-state index is -9.73. The zero-order valence-corrected chi connectivity index (χ0v) is 14.5. The molecule has 138 valence electrons. The third-order valence-electron chi connectivity index (χ3n) is 3.63. The summed E-state index contributed by atoms with van der Waals surface area (Å²) in [7, 11) is -9.73. The molecule has 0 heterocycles. The Hall–Kier alpha value is -1.67. The van der Waals surface area contributed by atoms with Gasteiger partial charge in [0.1, 0.15) is 5.82 Å². The average Bonchev–Trinajstić information content (AvgIpc) is 2.50. The summed E-state index contributed by atoms with van der Waals surface area (Å²) in [4.78, 5) is -2.89. The van der Waals surface area contributed by atoms with Gasteiger partial charge in [-0.3, -0.25) is 0 Å². The highest BCUT2D eigenvalue weighted by molar-refractivity contribution is 8.52. The highest BCUT2D eigenvalue weighted by Crippen LogP contribution is 3.02. The van der Waals surface area contributed by atoms with E-state index in [-0.39, 0.29) is 5.56 Å². The van der Waals surface area contributed by atoms with Gasteiger partial charge in [-0.1, -0.05) is 41.9 Å². The zero-order valence-electron chi connectivity index (χ0n) is 12.9. The van der Waals surface area contributed by atoms with Crippen LogP contribution in [0.2, 0.25) is 0 Å². The van der Waals surface area contributed by atoms with E-state index in [9.17, 15) is 28.7 Å². The number of hydrogen-bond donors (Lipinski definition) is 0. The van der Waals surface area contributed by atoms with Crippen molar-refractivity contribution in [3.05, 3.63) is 69.9 Å². The lowest BCUT2D eigenvalue weighted by Crippen LogP contribution is -2.18. The van der Waals surface area contributed by atoms with Crippen molar-refractivity contribution in [3.63, 3.8) is 0 Å². The molecule has 0 fully saturated rings. The van der Waals surface area contributed by atoms with Crippen molar-refractivity contribution in [2.75, 3.05) is 0 Å². The normalized spacial score (nSPS) is 15.7. The molecule has 0 radical (unpaired) electrons. The van der Waals surface area contributed by atoms with Crippen LogP contribution in [-0.2, 0) is 0 Å². The van der Waals surface area contributed by atoms with Gasteiger partial charge >= 0.3 is 0 Å². The van der Waals surface area contributed by atoms with Crippen molar-refractivity contribution in [2.24, 2.45) is 0 Å². The standard InChI is InChI=1S/C16H12ClF7S/c1-9-10(2)14(19)16(15(20)13(9)18)25(21,22,23,24)8-12(17)11-6-4-3-5-7-11/h3-8H,1-2H3. The smallest absolute Gasteiger partial charge is 0.205 e. The molecule has 0 unspecified atom stereocenters. The van der Waals surface area contributed by atoms with Crippen molar-refractivity contribution in [1.82, 2.24) is 0 Å². The summed E-state index contributed by atoms with van der Waals surface area (Å²) in [5.41, 5.74) is -1.73. The van der Waals surface area contributed by atoms with Crippen molar-refractivity contribution < 1.29 is 28.7 Å². The van der Waals surface area contributed by atoms with Gasteiger partial charge in [0, 0.05) is 0 Å². The zero-order chi connectivity index (χ0) is 19.3. The van der Waals surface area contributed by atoms with E-state index in [4.69, 9.17) is 11.6 Å². The summed E-state index contributed by atoms with van der Waals surface area (Å²) in [5, 5.41) is -2.08. The van der Waals surface area contributed by atoms with E-state index in [0.717, 1.165) is 26.0 Å². The van der Waals surface area contributed by atoms with Crippen LogP contribution in [-0.4, -0.2) is 0 Å². The fourth-order valence-corrected chi connectivity index (χ4v) is 4.49. The first-order valence-electron chi connectivity index (χ1n) is 6.76. The van der Waals surface area contributed by atoms with Gasteiger partial charge in [-0.05, 0) is 30.5 Å². The van der Waals surface area contributed by atoms with Crippen molar-refractivity contribution in [1.29, 1.82) is 0 Å². The van der Waals surface area contributed by atoms with E-state index in [1.54, 1.807) is 0 Å². The summed E-state index contributed by atoms with van der Waals surface area (Å²) in [5.74, 6) is -6.80. The maximum Gasteiger partial charge on any atom is 0.210 e. The van der Waals surface area contributed by atoms with Crippen molar-refractivity contribution >= 4 is 26.5 Å². The molecule has 0 bridgehead atoms. The van der Waals surface area contributed by atoms with Crippen LogP contribution in [0.3, 0.4) is 0 Å². The molecule has 0 spiro atoms. The monoisotopic (exact) mass is 404 g/mol. The molecule has 0 aliphatic heterocycles. The first-order valence-corrected chi connectivity index (χ1v) is 9.25. The van der Waals surface area contributed by atoms with E-state index in [0.29, 0.717) is 0 Å². The fourth-order valence-electron chi connectivity index (χ4n) is 2.17. The Labute approximate surface area is 144 Å². The Bertz CT molecular complexity index is 856. The number of rotatable bonds is 3. The van der Waals surface area contributed by atoms with Crippen LogP contribution in [0.4, 0.5) is 28.7 Å². The number of benzene rings is 2. The van der Waals surface area contributed by atoms with Gasteiger partial charge in [0.05, 0.1) is 10.4 Å². The Balaban J connectivity index is 2.87. The van der Waals surface area contributed by atoms with Crippen molar-refractivity contribution in [3.8, 4) is 0 Å². The lowest BCUT2D eigenvalue weighted by Gasteiger charge is -2.47. The highest BCUT2D eigenvalue weighted by Gasteiger charge is 2.67. The minimum Gasteiger partial charge on any atom is -0.205 e. The summed E-state index contributed by atoms with van der Waals surface area (Å²) in [6.07, 6.45) is 0. The van der Waals surface area contributed by atoms with E-state index >= 15 is 0 Å². The molecule has 0 aliphatic rings. The maximum absolute atomic E-state index is 14.5. The molecular formula is C16H12ClF7S. The Kier molecular flexibility index (Phi) is 4.25. The number of hydrogen-bond acceptors (Lipinski definition) is 0. The van der Waals surface area contributed by atoms with E-state index in [1.165, 1.54) is 18.2 Å². The fraction of sp³-hybridized carbons (Fsp3) is 0.125. The Morgan fingerprint density at radius 3 is 1.84 bits per heavy atom. The first kappa shape index (κ1) is 19.7. The van der Waals surface area contributed by atoms with Gasteiger partial charge in [0.15, 0.2) is 16.5 Å². The predicted octanol–water partition coefficient (Wildman–Crippen LogP) is 7.73. The van der Waals surface area contributed by atoms with Crippen LogP contribution < -0.4 is 0 Å². The van der Waals surface area contributed by atoms with Crippen LogP contribution in [0, 0.1) is 31.3 Å². The summed E-state index contributed by atoms with van der Waals surface area (Å²) < 4.78 is 99.6. The second-order valence-electron chi connectivity index (χ2n) is 5.49. The van der Waals surface area contributed by atoms with E-state index in [2.05, 4.69) is 0 Å². The minimum absolute atomic E-state index is 0.218. The quantitative estimate of drug-likeness (QED) is 0.362. The maximum atomic E-state index is 14.5. The average molecular weight is 405 g/mol. The van der Waals surface area contributed by atoms with Crippen LogP contribution in [0.5, 0.6) is 0 Å². The lowest BCUT2D eigenvalue weighted by atomic mass is 10.1. The largest absolute Gasteiger partial charge is 0.210 e. The van der Waals surface area contributed by atoms with Crippen molar-refractivity contribution in [2.45, 2.75) is 18.7 Å². The number of halogens is 8. The van der Waals surface area contributed by atoms with Gasteiger partial charge in [-0.2, -0.15) is 0 Å². The molecule has 0 amide bonds. The molecule has 0 nitrogen and oxygen atoms in total. The molecule has 2 aromatic carbocycles. The molecule has 0 aliphatic carbocycles. The molecule has 2 aromatic rings. The second-order valence-corrected chi connectivity index (χ2v) is 8.80. The SMILES string of the molecule is Cc1c(C)c(F)c(S(F)(F)(F)(F)C=C(Cl)c2ccccc2)c(F)c1F.